The number of nitro groups is 1. The predicted octanol–water partition coefficient (Wildman–Crippen LogP) is 3.47. The molecule has 0 aliphatic rings. The minimum Gasteiger partial charge on any atom is -0.406 e. The summed E-state index contributed by atoms with van der Waals surface area (Å²) in [6, 6.07) is 9.97. The van der Waals surface area contributed by atoms with Gasteiger partial charge in [0.05, 0.1) is 16.6 Å². The summed E-state index contributed by atoms with van der Waals surface area (Å²) in [5.41, 5.74) is -1.50. The first-order chi connectivity index (χ1) is 14.0. The van der Waals surface area contributed by atoms with Gasteiger partial charge in [-0.25, -0.2) is 4.68 Å². The molecule has 2 aromatic carbocycles. The Hall–Kier alpha value is -4.14. The molecule has 1 heterocycles. The summed E-state index contributed by atoms with van der Waals surface area (Å²) in [6.45, 7) is 1.36. The van der Waals surface area contributed by atoms with Crippen LogP contribution < -0.4 is 10.1 Å². The lowest BCUT2D eigenvalue weighted by atomic mass is 10.1. The van der Waals surface area contributed by atoms with E-state index >= 15 is 0 Å². The number of nitriles is 1. The lowest BCUT2D eigenvalue weighted by Gasteiger charge is -2.24. The number of benzene rings is 2. The number of rotatable bonds is 5. The van der Waals surface area contributed by atoms with Crippen LogP contribution >= 0.6 is 0 Å². The largest absolute Gasteiger partial charge is 0.573 e. The summed E-state index contributed by atoms with van der Waals surface area (Å²) in [5, 5.41) is 27.5. The number of nitrogens with one attached hydrogen (secondary N) is 1. The number of carbonyl (C=O) groups excluding carboxylic acids is 1. The monoisotopic (exact) mass is 419 g/mol. The lowest BCUT2D eigenvalue weighted by Crippen LogP contribution is -2.47. The summed E-state index contributed by atoms with van der Waals surface area (Å²) in [6.07, 6.45) is -3.55. The van der Waals surface area contributed by atoms with Crippen LogP contribution in [0.2, 0.25) is 0 Å². The van der Waals surface area contributed by atoms with E-state index in [1.807, 2.05) is 6.07 Å². The second-order valence-corrected chi connectivity index (χ2v) is 6.27. The van der Waals surface area contributed by atoms with Gasteiger partial charge < -0.3 is 10.1 Å². The van der Waals surface area contributed by atoms with Crippen molar-refractivity contribution >= 4 is 22.5 Å². The maximum atomic E-state index is 12.5. The second kappa shape index (κ2) is 7.36. The first kappa shape index (κ1) is 20.6. The Morgan fingerprint density at radius 2 is 1.93 bits per heavy atom. The topological polar surface area (TPSA) is 123 Å². The third-order valence-corrected chi connectivity index (χ3v) is 4.11. The van der Waals surface area contributed by atoms with Gasteiger partial charge in [0.2, 0.25) is 5.66 Å². The standard InChI is InChI=1S/C18H12F3N5O4/c1-17(10-22,25-15-7-4-13(26(28)29)8-12(15)9-23-25)24-16(27)11-2-5-14(6-3-11)30-18(19,20)21/h2-9H,1H3,(H,24,27). The molecular formula is C18H12F3N5O4. The quantitative estimate of drug-likeness (QED) is 0.499. The van der Waals surface area contributed by atoms with Gasteiger partial charge in [-0.1, -0.05) is 0 Å². The van der Waals surface area contributed by atoms with Crippen molar-refractivity contribution in [2.24, 2.45) is 0 Å². The Morgan fingerprint density at radius 3 is 2.50 bits per heavy atom. The van der Waals surface area contributed by atoms with Gasteiger partial charge in [-0.3, -0.25) is 14.9 Å². The van der Waals surface area contributed by atoms with Crippen molar-refractivity contribution in [3.63, 3.8) is 0 Å². The van der Waals surface area contributed by atoms with E-state index in [1.165, 1.54) is 36.0 Å². The molecule has 30 heavy (non-hydrogen) atoms. The minimum atomic E-state index is -4.86. The van der Waals surface area contributed by atoms with Crippen LogP contribution in [0.4, 0.5) is 18.9 Å². The van der Waals surface area contributed by atoms with Crippen LogP contribution in [0.15, 0.2) is 48.7 Å². The Labute approximate surface area is 166 Å². The Balaban J connectivity index is 1.87. The minimum absolute atomic E-state index is 0.0156. The highest BCUT2D eigenvalue weighted by atomic mass is 19.4. The molecule has 1 N–H and O–H groups in total. The van der Waals surface area contributed by atoms with E-state index in [-0.39, 0.29) is 11.3 Å². The van der Waals surface area contributed by atoms with Crippen LogP contribution in [0.5, 0.6) is 5.75 Å². The molecule has 1 atom stereocenters. The molecule has 0 saturated carbocycles. The maximum Gasteiger partial charge on any atom is 0.573 e. The fourth-order valence-corrected chi connectivity index (χ4v) is 2.72. The van der Waals surface area contributed by atoms with Gasteiger partial charge >= 0.3 is 6.36 Å². The van der Waals surface area contributed by atoms with E-state index in [1.54, 1.807) is 0 Å². The lowest BCUT2D eigenvalue weighted by molar-refractivity contribution is -0.384. The van der Waals surface area contributed by atoms with Crippen molar-refractivity contribution in [3.8, 4) is 11.8 Å². The first-order valence-electron chi connectivity index (χ1n) is 8.25. The Kier molecular flexibility index (Phi) is 5.05. The molecule has 0 fully saturated rings. The van der Waals surface area contributed by atoms with E-state index in [2.05, 4.69) is 15.2 Å². The highest BCUT2D eigenvalue weighted by Gasteiger charge is 2.33. The molecule has 0 saturated heterocycles. The normalized spacial score (nSPS) is 13.3. The van der Waals surface area contributed by atoms with E-state index in [0.717, 1.165) is 24.3 Å². The zero-order valence-electron chi connectivity index (χ0n) is 15.2. The van der Waals surface area contributed by atoms with Crippen molar-refractivity contribution in [3.05, 3.63) is 64.3 Å². The number of hydrogen-bond donors (Lipinski definition) is 1. The van der Waals surface area contributed by atoms with Gasteiger partial charge in [0, 0.05) is 23.1 Å². The summed E-state index contributed by atoms with van der Waals surface area (Å²) < 4.78 is 41.6. The fourth-order valence-electron chi connectivity index (χ4n) is 2.72. The first-order valence-corrected chi connectivity index (χ1v) is 8.25. The molecule has 0 bridgehead atoms. The predicted molar refractivity (Wildman–Crippen MR) is 96.2 cm³/mol. The SMILES string of the molecule is CC(C#N)(NC(=O)c1ccc(OC(F)(F)F)cc1)n1ncc2cc([N+](=O)[O-])ccc21. The number of halogens is 3. The van der Waals surface area contributed by atoms with Gasteiger partial charge in [-0.2, -0.15) is 10.4 Å². The molecule has 0 radical (unpaired) electrons. The van der Waals surface area contributed by atoms with Crippen LogP contribution in [-0.2, 0) is 5.66 Å². The zero-order valence-corrected chi connectivity index (χ0v) is 15.2. The smallest absolute Gasteiger partial charge is 0.406 e. The number of nitro benzene ring substituents is 1. The van der Waals surface area contributed by atoms with Crippen LogP contribution in [0.25, 0.3) is 10.9 Å². The van der Waals surface area contributed by atoms with Crippen LogP contribution in [0.1, 0.15) is 17.3 Å². The zero-order chi connectivity index (χ0) is 22.1. The summed E-state index contributed by atoms with van der Waals surface area (Å²) in [7, 11) is 0. The van der Waals surface area contributed by atoms with Gasteiger partial charge in [0.1, 0.15) is 11.8 Å². The molecule has 1 aromatic heterocycles. The summed E-state index contributed by atoms with van der Waals surface area (Å²) in [4.78, 5) is 22.9. The molecule has 1 amide bonds. The fraction of sp³-hybridized carbons (Fsp3) is 0.167. The molecular weight excluding hydrogens is 407 g/mol. The summed E-state index contributed by atoms with van der Waals surface area (Å²) in [5.74, 6) is -1.25. The average molecular weight is 419 g/mol. The number of non-ortho nitro benzene ring substituents is 1. The number of ether oxygens (including phenoxy) is 1. The van der Waals surface area contributed by atoms with Crippen molar-refractivity contribution in [2.75, 3.05) is 0 Å². The average Bonchev–Trinajstić information content (AvgIpc) is 3.11. The van der Waals surface area contributed by atoms with E-state index in [0.29, 0.717) is 10.9 Å². The summed E-state index contributed by atoms with van der Waals surface area (Å²) >= 11 is 0. The number of fused-ring (bicyclic) bond motifs is 1. The third kappa shape index (κ3) is 4.14. The second-order valence-electron chi connectivity index (χ2n) is 6.27. The van der Waals surface area contributed by atoms with Crippen molar-refractivity contribution in [1.29, 1.82) is 5.26 Å². The molecule has 154 valence electrons. The van der Waals surface area contributed by atoms with Gasteiger partial charge in [0.15, 0.2) is 0 Å². The third-order valence-electron chi connectivity index (χ3n) is 4.11. The molecule has 3 aromatic rings. The number of nitrogens with zero attached hydrogens (tertiary/aromatic N) is 4. The Morgan fingerprint density at radius 1 is 1.27 bits per heavy atom. The maximum absolute atomic E-state index is 12.5. The van der Waals surface area contributed by atoms with Crippen molar-refractivity contribution in [1.82, 2.24) is 15.1 Å². The van der Waals surface area contributed by atoms with Crippen molar-refractivity contribution < 1.29 is 27.6 Å². The van der Waals surface area contributed by atoms with E-state index < -0.39 is 28.6 Å². The number of alkyl halides is 3. The highest BCUT2D eigenvalue weighted by molar-refractivity contribution is 5.95. The van der Waals surface area contributed by atoms with E-state index in [9.17, 15) is 33.3 Å². The number of carbonyl (C=O) groups is 1. The Bertz CT molecular complexity index is 1170. The van der Waals surface area contributed by atoms with Crippen LogP contribution in [-0.4, -0.2) is 27.0 Å². The molecule has 0 spiro atoms. The molecule has 9 nitrogen and oxygen atoms in total. The molecule has 0 aliphatic heterocycles. The van der Waals surface area contributed by atoms with E-state index in [4.69, 9.17) is 0 Å². The van der Waals surface area contributed by atoms with Crippen LogP contribution in [0, 0.1) is 21.4 Å². The molecule has 12 heteroatoms. The van der Waals surface area contributed by atoms with Crippen LogP contribution in [0.3, 0.4) is 0 Å². The molecule has 1 unspecified atom stereocenters. The number of amides is 1. The highest BCUT2D eigenvalue weighted by Crippen LogP contribution is 2.26. The van der Waals surface area contributed by atoms with Crippen molar-refractivity contribution in [2.45, 2.75) is 18.9 Å². The molecule has 0 aliphatic carbocycles. The molecule has 3 rings (SSSR count). The van der Waals surface area contributed by atoms with Gasteiger partial charge in [-0.15, -0.1) is 13.2 Å². The van der Waals surface area contributed by atoms with Gasteiger partial charge in [-0.05, 0) is 37.3 Å². The number of hydrogen-bond acceptors (Lipinski definition) is 6. The van der Waals surface area contributed by atoms with Gasteiger partial charge in [0.25, 0.3) is 11.6 Å². The number of aromatic nitrogens is 2.